The maximum atomic E-state index is 12.0. The van der Waals surface area contributed by atoms with Gasteiger partial charge in [-0.3, -0.25) is 4.90 Å². The number of amides is 1. The maximum absolute atomic E-state index is 12.0. The average Bonchev–Trinajstić information content (AvgIpc) is 2.37. The van der Waals surface area contributed by atoms with Gasteiger partial charge in [-0.2, -0.15) is 0 Å². The number of carbonyl (C=O) groups is 1. The van der Waals surface area contributed by atoms with Crippen LogP contribution in [0.2, 0.25) is 0 Å². The fourth-order valence-corrected chi connectivity index (χ4v) is 1.67. The summed E-state index contributed by atoms with van der Waals surface area (Å²) in [5.74, 6) is 0. The first-order chi connectivity index (χ1) is 7.17. The predicted octanol–water partition coefficient (Wildman–Crippen LogP) is 2.54. The van der Waals surface area contributed by atoms with Gasteiger partial charge in [0.1, 0.15) is 11.3 Å². The van der Waals surface area contributed by atoms with E-state index in [-0.39, 0.29) is 12.1 Å². The van der Waals surface area contributed by atoms with Crippen molar-refractivity contribution in [3.8, 4) is 0 Å². The van der Waals surface area contributed by atoms with E-state index in [9.17, 15) is 4.79 Å². The molecule has 4 heteroatoms. The second-order valence-electron chi connectivity index (χ2n) is 5.41. The molecule has 0 unspecified atom stereocenters. The Morgan fingerprint density at radius 2 is 2.12 bits per heavy atom. The molecule has 0 saturated carbocycles. The van der Waals surface area contributed by atoms with Gasteiger partial charge in [-0.05, 0) is 34.6 Å². The molecular weight excluding hydrogens is 206 g/mol. The first-order valence-corrected chi connectivity index (χ1v) is 5.46. The SMILES string of the molecule is C=C[C@H]1COC(C)(C)N1C(=O)OC(C)(C)C. The van der Waals surface area contributed by atoms with Crippen molar-refractivity contribution in [1.82, 2.24) is 4.90 Å². The van der Waals surface area contributed by atoms with E-state index in [1.165, 1.54) is 0 Å². The van der Waals surface area contributed by atoms with E-state index in [0.717, 1.165) is 0 Å². The third-order valence-electron chi connectivity index (χ3n) is 2.38. The van der Waals surface area contributed by atoms with Gasteiger partial charge in [0.25, 0.3) is 0 Å². The van der Waals surface area contributed by atoms with Gasteiger partial charge in [-0.15, -0.1) is 6.58 Å². The lowest BCUT2D eigenvalue weighted by Crippen LogP contribution is -2.49. The number of carbonyl (C=O) groups excluding carboxylic acids is 1. The third-order valence-corrected chi connectivity index (χ3v) is 2.38. The molecule has 0 aliphatic carbocycles. The lowest BCUT2D eigenvalue weighted by atomic mass is 10.2. The number of rotatable bonds is 1. The van der Waals surface area contributed by atoms with E-state index in [4.69, 9.17) is 9.47 Å². The van der Waals surface area contributed by atoms with Crippen molar-refractivity contribution in [3.05, 3.63) is 12.7 Å². The van der Waals surface area contributed by atoms with Crippen molar-refractivity contribution in [1.29, 1.82) is 0 Å². The van der Waals surface area contributed by atoms with Gasteiger partial charge in [-0.25, -0.2) is 4.79 Å². The van der Waals surface area contributed by atoms with Gasteiger partial charge in [-0.1, -0.05) is 6.08 Å². The van der Waals surface area contributed by atoms with Gasteiger partial charge in [0.2, 0.25) is 0 Å². The Kier molecular flexibility index (Phi) is 3.33. The minimum Gasteiger partial charge on any atom is -0.444 e. The zero-order valence-electron chi connectivity index (χ0n) is 10.7. The third kappa shape index (κ3) is 2.76. The second-order valence-corrected chi connectivity index (χ2v) is 5.41. The number of hydrogen-bond donors (Lipinski definition) is 0. The Morgan fingerprint density at radius 1 is 1.56 bits per heavy atom. The molecule has 1 atom stereocenters. The maximum Gasteiger partial charge on any atom is 0.413 e. The van der Waals surface area contributed by atoms with Crippen molar-refractivity contribution in [2.75, 3.05) is 6.61 Å². The Labute approximate surface area is 97.2 Å². The first-order valence-electron chi connectivity index (χ1n) is 5.46. The van der Waals surface area contributed by atoms with Gasteiger partial charge >= 0.3 is 6.09 Å². The van der Waals surface area contributed by atoms with E-state index in [0.29, 0.717) is 6.61 Å². The van der Waals surface area contributed by atoms with Gasteiger partial charge in [0, 0.05) is 0 Å². The van der Waals surface area contributed by atoms with Crippen molar-refractivity contribution >= 4 is 6.09 Å². The quantitative estimate of drug-likeness (QED) is 0.646. The van der Waals surface area contributed by atoms with Crippen LogP contribution in [0.3, 0.4) is 0 Å². The molecule has 0 bridgehead atoms. The minimum atomic E-state index is -0.638. The number of nitrogens with zero attached hydrogens (tertiary/aromatic N) is 1. The lowest BCUT2D eigenvalue weighted by Gasteiger charge is -2.34. The summed E-state index contributed by atoms with van der Waals surface area (Å²) >= 11 is 0. The zero-order valence-corrected chi connectivity index (χ0v) is 10.7. The molecule has 1 heterocycles. The van der Waals surface area contributed by atoms with Crippen molar-refractivity contribution in [3.63, 3.8) is 0 Å². The lowest BCUT2D eigenvalue weighted by molar-refractivity contribution is -0.0610. The van der Waals surface area contributed by atoms with E-state index in [2.05, 4.69) is 6.58 Å². The summed E-state index contributed by atoms with van der Waals surface area (Å²) in [5.41, 5.74) is -1.14. The van der Waals surface area contributed by atoms with E-state index in [1.807, 2.05) is 34.6 Å². The predicted molar refractivity (Wildman–Crippen MR) is 62.1 cm³/mol. The standard InChI is InChI=1S/C12H21NO3/c1-7-9-8-15-12(5,6)13(9)10(14)16-11(2,3)4/h7,9H,1,8H2,2-6H3/t9-/m0/s1. The van der Waals surface area contributed by atoms with Crippen LogP contribution in [0.1, 0.15) is 34.6 Å². The molecule has 4 nitrogen and oxygen atoms in total. The molecule has 1 saturated heterocycles. The molecule has 1 aliphatic heterocycles. The van der Waals surface area contributed by atoms with E-state index >= 15 is 0 Å². The molecule has 0 aromatic carbocycles. The van der Waals surface area contributed by atoms with Crippen LogP contribution in [0.5, 0.6) is 0 Å². The fraction of sp³-hybridized carbons (Fsp3) is 0.750. The summed E-state index contributed by atoms with van der Waals surface area (Å²) in [6.07, 6.45) is 1.35. The molecule has 0 radical (unpaired) electrons. The molecule has 1 amide bonds. The normalized spacial score (nSPS) is 24.3. The van der Waals surface area contributed by atoms with E-state index in [1.54, 1.807) is 11.0 Å². The second kappa shape index (κ2) is 4.09. The molecule has 1 aliphatic rings. The summed E-state index contributed by atoms with van der Waals surface area (Å²) < 4.78 is 10.9. The highest BCUT2D eigenvalue weighted by Gasteiger charge is 2.44. The summed E-state index contributed by atoms with van der Waals surface area (Å²) in [6, 6.07) is -0.121. The largest absolute Gasteiger partial charge is 0.444 e. The Hall–Kier alpha value is -1.03. The van der Waals surface area contributed by atoms with Gasteiger partial charge in [0.05, 0.1) is 12.6 Å². The van der Waals surface area contributed by atoms with Crippen LogP contribution in [0.25, 0.3) is 0 Å². The summed E-state index contributed by atoms with van der Waals surface area (Å²) in [4.78, 5) is 13.6. The first kappa shape index (κ1) is 13.0. The molecule has 1 fully saturated rings. The summed E-state index contributed by atoms with van der Waals surface area (Å²) in [5, 5.41) is 0. The van der Waals surface area contributed by atoms with Crippen molar-refractivity contribution in [2.24, 2.45) is 0 Å². The molecule has 92 valence electrons. The summed E-state index contributed by atoms with van der Waals surface area (Å²) in [7, 11) is 0. The van der Waals surface area contributed by atoms with Crippen molar-refractivity contribution < 1.29 is 14.3 Å². The fourth-order valence-electron chi connectivity index (χ4n) is 1.67. The Bertz CT molecular complexity index is 291. The van der Waals surface area contributed by atoms with Crippen LogP contribution in [-0.2, 0) is 9.47 Å². The van der Waals surface area contributed by atoms with Crippen LogP contribution in [0, 0.1) is 0 Å². The van der Waals surface area contributed by atoms with Gasteiger partial charge < -0.3 is 9.47 Å². The van der Waals surface area contributed by atoms with Crippen LogP contribution >= 0.6 is 0 Å². The van der Waals surface area contributed by atoms with E-state index < -0.39 is 11.3 Å². The highest BCUT2D eigenvalue weighted by molar-refractivity contribution is 5.70. The Balaban J connectivity index is 2.83. The number of ether oxygens (including phenoxy) is 2. The summed E-state index contributed by atoms with van der Waals surface area (Å²) in [6.45, 7) is 13.4. The molecule has 0 N–H and O–H groups in total. The van der Waals surface area contributed by atoms with Crippen LogP contribution in [-0.4, -0.2) is 35.0 Å². The zero-order chi connectivity index (χ0) is 12.6. The smallest absolute Gasteiger partial charge is 0.413 e. The molecule has 0 aromatic heterocycles. The van der Waals surface area contributed by atoms with Crippen LogP contribution in [0.15, 0.2) is 12.7 Å². The average molecular weight is 227 g/mol. The molecule has 16 heavy (non-hydrogen) atoms. The Morgan fingerprint density at radius 3 is 2.56 bits per heavy atom. The minimum absolute atomic E-state index is 0.121. The monoisotopic (exact) mass is 227 g/mol. The topological polar surface area (TPSA) is 38.8 Å². The molecule has 0 spiro atoms. The van der Waals surface area contributed by atoms with Gasteiger partial charge in [0.15, 0.2) is 0 Å². The van der Waals surface area contributed by atoms with Crippen molar-refractivity contribution in [2.45, 2.75) is 52.0 Å². The molecule has 0 aromatic rings. The van der Waals surface area contributed by atoms with Crippen LogP contribution in [0.4, 0.5) is 4.79 Å². The number of hydrogen-bond acceptors (Lipinski definition) is 3. The molecular formula is C12H21NO3. The van der Waals surface area contributed by atoms with Crippen LogP contribution < -0.4 is 0 Å². The molecule has 1 rings (SSSR count). The highest BCUT2D eigenvalue weighted by atomic mass is 16.6. The highest BCUT2D eigenvalue weighted by Crippen LogP contribution is 2.29.